The van der Waals surface area contributed by atoms with Gasteiger partial charge in [0.15, 0.2) is 5.78 Å². The molecule has 0 aliphatic heterocycles. The van der Waals surface area contributed by atoms with Crippen LogP contribution in [0.2, 0.25) is 5.02 Å². The lowest BCUT2D eigenvalue weighted by Crippen LogP contribution is -2.54. The molecule has 0 saturated heterocycles. The topological polar surface area (TPSA) is 59.4 Å². The standard InChI is InChI=1S/C20H21ClN2O3/c1-22-12-10-14(13-18(22)25)19(26)23(2)20(11-6-5-9-17(20)24)15-7-3-4-8-16(15)21/h3-4,7-8,10,12-13H,5-6,9,11H2,1-2H3. The van der Waals surface area contributed by atoms with Crippen LogP contribution in [-0.4, -0.2) is 28.2 Å². The maximum Gasteiger partial charge on any atom is 0.254 e. The summed E-state index contributed by atoms with van der Waals surface area (Å²) in [5.74, 6) is -0.380. The second kappa shape index (κ2) is 7.08. The Balaban J connectivity index is 2.11. The Morgan fingerprint density at radius 2 is 1.92 bits per heavy atom. The number of aromatic nitrogens is 1. The van der Waals surface area contributed by atoms with Gasteiger partial charge in [-0.1, -0.05) is 29.8 Å². The number of hydrogen-bond donors (Lipinski definition) is 0. The zero-order valence-electron chi connectivity index (χ0n) is 14.9. The van der Waals surface area contributed by atoms with Crippen LogP contribution in [0.4, 0.5) is 0 Å². The van der Waals surface area contributed by atoms with Gasteiger partial charge < -0.3 is 9.47 Å². The number of carbonyl (C=O) groups is 2. The number of benzene rings is 1. The highest BCUT2D eigenvalue weighted by Gasteiger charge is 2.48. The quantitative estimate of drug-likeness (QED) is 0.831. The molecule has 3 rings (SSSR count). The third-order valence-electron chi connectivity index (χ3n) is 5.20. The van der Waals surface area contributed by atoms with E-state index in [4.69, 9.17) is 11.6 Å². The lowest BCUT2D eigenvalue weighted by atomic mass is 9.74. The largest absolute Gasteiger partial charge is 0.325 e. The van der Waals surface area contributed by atoms with Gasteiger partial charge in [0, 0.05) is 48.9 Å². The predicted octanol–water partition coefficient (Wildman–Crippen LogP) is 3.15. The zero-order chi connectivity index (χ0) is 18.9. The molecule has 1 aromatic carbocycles. The highest BCUT2D eigenvalue weighted by molar-refractivity contribution is 6.31. The maximum atomic E-state index is 13.1. The molecule has 1 atom stereocenters. The van der Waals surface area contributed by atoms with E-state index in [1.165, 1.54) is 15.5 Å². The van der Waals surface area contributed by atoms with Gasteiger partial charge in [-0.05, 0) is 31.4 Å². The second-order valence-electron chi connectivity index (χ2n) is 6.70. The fourth-order valence-electron chi connectivity index (χ4n) is 3.68. The number of Topliss-reactive ketones (excluding diaryl/α,β-unsaturated/α-hetero) is 1. The Morgan fingerprint density at radius 3 is 2.58 bits per heavy atom. The van der Waals surface area contributed by atoms with Crippen molar-refractivity contribution in [2.75, 3.05) is 7.05 Å². The van der Waals surface area contributed by atoms with E-state index in [0.29, 0.717) is 23.4 Å². The molecule has 0 bridgehead atoms. The summed E-state index contributed by atoms with van der Waals surface area (Å²) < 4.78 is 1.40. The molecule has 1 saturated carbocycles. The Labute approximate surface area is 157 Å². The van der Waals surface area contributed by atoms with Crippen molar-refractivity contribution in [3.05, 3.63) is 69.1 Å². The fourth-order valence-corrected chi connectivity index (χ4v) is 3.97. The Bertz CT molecular complexity index is 921. The van der Waals surface area contributed by atoms with E-state index in [1.807, 2.05) is 6.07 Å². The summed E-state index contributed by atoms with van der Waals surface area (Å²) in [6, 6.07) is 10.0. The highest BCUT2D eigenvalue weighted by atomic mass is 35.5. The van der Waals surface area contributed by atoms with Gasteiger partial charge in [-0.3, -0.25) is 14.4 Å². The molecule has 136 valence electrons. The number of nitrogens with zero attached hydrogens (tertiary/aromatic N) is 2. The Hall–Kier alpha value is -2.40. The normalized spacial score (nSPS) is 20.0. The smallest absolute Gasteiger partial charge is 0.254 e. The van der Waals surface area contributed by atoms with Crippen LogP contribution in [0.5, 0.6) is 0 Å². The molecular weight excluding hydrogens is 352 g/mol. The molecule has 1 aliphatic rings. The molecule has 0 radical (unpaired) electrons. The van der Waals surface area contributed by atoms with E-state index in [0.717, 1.165) is 12.8 Å². The van der Waals surface area contributed by atoms with Crippen LogP contribution >= 0.6 is 11.6 Å². The molecule has 1 heterocycles. The average molecular weight is 373 g/mol. The Morgan fingerprint density at radius 1 is 1.19 bits per heavy atom. The lowest BCUT2D eigenvalue weighted by Gasteiger charge is -2.44. The van der Waals surface area contributed by atoms with Crippen LogP contribution in [0.1, 0.15) is 41.6 Å². The maximum absolute atomic E-state index is 13.1. The average Bonchev–Trinajstić information content (AvgIpc) is 2.64. The fraction of sp³-hybridized carbons (Fsp3) is 0.350. The van der Waals surface area contributed by atoms with Crippen LogP contribution in [0.15, 0.2) is 47.4 Å². The van der Waals surface area contributed by atoms with Crippen LogP contribution in [0.3, 0.4) is 0 Å². The summed E-state index contributed by atoms with van der Waals surface area (Å²) in [6.45, 7) is 0. The molecule has 6 heteroatoms. The number of amides is 1. The number of aryl methyl sites for hydroxylation is 1. The SMILES string of the molecule is CN(C(=O)c1ccn(C)c(=O)c1)C1(c2ccccc2Cl)CCCCC1=O. The van der Waals surface area contributed by atoms with Crippen molar-refractivity contribution >= 4 is 23.3 Å². The molecule has 1 aliphatic carbocycles. The number of rotatable bonds is 3. The summed E-state index contributed by atoms with van der Waals surface area (Å²) >= 11 is 6.41. The van der Waals surface area contributed by atoms with Crippen molar-refractivity contribution in [3.63, 3.8) is 0 Å². The Kier molecular flexibility index (Phi) is 5.01. The molecular formula is C20H21ClN2O3. The number of pyridine rings is 1. The second-order valence-corrected chi connectivity index (χ2v) is 7.11. The van der Waals surface area contributed by atoms with Gasteiger partial charge in [-0.2, -0.15) is 0 Å². The monoisotopic (exact) mass is 372 g/mol. The number of ketones is 1. The third-order valence-corrected chi connectivity index (χ3v) is 5.53. The van der Waals surface area contributed by atoms with Gasteiger partial charge in [0.25, 0.3) is 11.5 Å². The van der Waals surface area contributed by atoms with E-state index >= 15 is 0 Å². The first-order chi connectivity index (χ1) is 12.4. The first-order valence-electron chi connectivity index (χ1n) is 8.61. The first kappa shape index (κ1) is 18.4. The molecule has 0 spiro atoms. The van der Waals surface area contributed by atoms with Crippen LogP contribution in [0, 0.1) is 0 Å². The van der Waals surface area contributed by atoms with Crippen molar-refractivity contribution < 1.29 is 9.59 Å². The van der Waals surface area contributed by atoms with E-state index in [-0.39, 0.29) is 22.8 Å². The lowest BCUT2D eigenvalue weighted by molar-refractivity contribution is -0.132. The third kappa shape index (κ3) is 2.97. The molecule has 0 N–H and O–H groups in total. The minimum Gasteiger partial charge on any atom is -0.325 e. The van der Waals surface area contributed by atoms with Gasteiger partial charge >= 0.3 is 0 Å². The van der Waals surface area contributed by atoms with Crippen LogP contribution < -0.4 is 5.56 Å². The first-order valence-corrected chi connectivity index (χ1v) is 8.99. The van der Waals surface area contributed by atoms with Gasteiger partial charge in [0.2, 0.25) is 0 Å². The molecule has 1 aromatic heterocycles. The molecule has 26 heavy (non-hydrogen) atoms. The summed E-state index contributed by atoms with van der Waals surface area (Å²) in [5, 5.41) is 0.464. The minimum absolute atomic E-state index is 0.0171. The molecule has 2 aromatic rings. The van der Waals surface area contributed by atoms with E-state index in [9.17, 15) is 14.4 Å². The molecule has 1 amide bonds. The van der Waals surface area contributed by atoms with Gasteiger partial charge in [-0.15, -0.1) is 0 Å². The zero-order valence-corrected chi connectivity index (χ0v) is 15.6. The molecule has 1 unspecified atom stereocenters. The molecule has 5 nitrogen and oxygen atoms in total. The van der Waals surface area contributed by atoms with Crippen molar-refractivity contribution in [1.29, 1.82) is 0 Å². The minimum atomic E-state index is -1.10. The summed E-state index contributed by atoms with van der Waals surface area (Å²) in [4.78, 5) is 39.6. The van der Waals surface area contributed by atoms with Gasteiger partial charge in [0.1, 0.15) is 5.54 Å². The van der Waals surface area contributed by atoms with E-state index in [2.05, 4.69) is 0 Å². The van der Waals surface area contributed by atoms with E-state index < -0.39 is 5.54 Å². The van der Waals surface area contributed by atoms with Crippen molar-refractivity contribution in [2.45, 2.75) is 31.2 Å². The van der Waals surface area contributed by atoms with Crippen molar-refractivity contribution in [2.24, 2.45) is 7.05 Å². The highest BCUT2D eigenvalue weighted by Crippen LogP contribution is 2.42. The van der Waals surface area contributed by atoms with E-state index in [1.54, 1.807) is 44.6 Å². The van der Waals surface area contributed by atoms with Crippen LogP contribution in [-0.2, 0) is 17.4 Å². The number of carbonyl (C=O) groups excluding carboxylic acids is 2. The van der Waals surface area contributed by atoms with Gasteiger partial charge in [0.05, 0.1) is 0 Å². The predicted molar refractivity (Wildman–Crippen MR) is 100 cm³/mol. The summed E-state index contributed by atoms with van der Waals surface area (Å²) in [5.41, 5.74) is -0.466. The number of halogens is 1. The molecule has 1 fully saturated rings. The van der Waals surface area contributed by atoms with Crippen molar-refractivity contribution in [1.82, 2.24) is 9.47 Å². The van der Waals surface area contributed by atoms with Crippen molar-refractivity contribution in [3.8, 4) is 0 Å². The number of hydrogen-bond acceptors (Lipinski definition) is 3. The summed E-state index contributed by atoms with van der Waals surface area (Å²) in [6.07, 6.45) is 4.10. The number of likely N-dealkylation sites (N-methyl/N-ethyl adjacent to an activating group) is 1. The summed E-state index contributed by atoms with van der Waals surface area (Å²) in [7, 11) is 3.24. The van der Waals surface area contributed by atoms with Crippen LogP contribution in [0.25, 0.3) is 0 Å². The van der Waals surface area contributed by atoms with Gasteiger partial charge in [-0.25, -0.2) is 0 Å².